The molecule has 3 heteroatoms. The first-order valence-electron chi connectivity index (χ1n) is 5.98. The number of benzene rings is 1. The Morgan fingerprint density at radius 3 is 2.88 bits per heavy atom. The second-order valence-electron chi connectivity index (χ2n) is 4.86. The zero-order chi connectivity index (χ0) is 12.4. The first-order chi connectivity index (χ1) is 8.10. The molecule has 0 saturated carbocycles. The zero-order valence-corrected chi connectivity index (χ0v) is 10.5. The van der Waals surface area contributed by atoms with Gasteiger partial charge in [-0.15, -0.1) is 0 Å². The standard InChI is InChI=1S/C14H18O3/c1-9(2)6-11-7-13(15)12-5-4-10(16-3)8-14(12)17-11/h4-5,8-9,11H,6-7H2,1-3H3. The summed E-state index contributed by atoms with van der Waals surface area (Å²) in [7, 11) is 1.61. The number of hydrogen-bond donors (Lipinski definition) is 0. The molecular formula is C14H18O3. The molecule has 0 aliphatic carbocycles. The molecule has 1 unspecified atom stereocenters. The predicted octanol–water partition coefficient (Wildman–Crippen LogP) is 3.08. The van der Waals surface area contributed by atoms with Gasteiger partial charge in [0.15, 0.2) is 5.78 Å². The van der Waals surface area contributed by atoms with Crippen LogP contribution in [0.3, 0.4) is 0 Å². The molecule has 1 atom stereocenters. The fourth-order valence-corrected chi connectivity index (χ4v) is 2.15. The maximum Gasteiger partial charge on any atom is 0.170 e. The number of carbonyl (C=O) groups excluding carboxylic acids is 1. The van der Waals surface area contributed by atoms with E-state index in [9.17, 15) is 4.79 Å². The average molecular weight is 234 g/mol. The molecule has 0 radical (unpaired) electrons. The molecule has 1 aliphatic rings. The van der Waals surface area contributed by atoms with Gasteiger partial charge in [0.05, 0.1) is 12.7 Å². The van der Waals surface area contributed by atoms with Crippen molar-refractivity contribution < 1.29 is 14.3 Å². The third kappa shape index (κ3) is 2.60. The van der Waals surface area contributed by atoms with Crippen LogP contribution in [-0.4, -0.2) is 19.0 Å². The molecule has 1 aromatic rings. The van der Waals surface area contributed by atoms with E-state index >= 15 is 0 Å². The minimum atomic E-state index is 0.00195. The zero-order valence-electron chi connectivity index (χ0n) is 10.5. The lowest BCUT2D eigenvalue weighted by molar-refractivity contribution is 0.0819. The van der Waals surface area contributed by atoms with Crippen LogP contribution in [0.25, 0.3) is 0 Å². The van der Waals surface area contributed by atoms with E-state index in [1.165, 1.54) is 0 Å². The monoisotopic (exact) mass is 234 g/mol. The van der Waals surface area contributed by atoms with Gasteiger partial charge < -0.3 is 9.47 Å². The van der Waals surface area contributed by atoms with Crippen LogP contribution in [0.2, 0.25) is 0 Å². The second-order valence-corrected chi connectivity index (χ2v) is 4.86. The smallest absolute Gasteiger partial charge is 0.170 e. The lowest BCUT2D eigenvalue weighted by atomic mass is 9.95. The van der Waals surface area contributed by atoms with Crippen LogP contribution < -0.4 is 9.47 Å². The first-order valence-corrected chi connectivity index (χ1v) is 5.98. The van der Waals surface area contributed by atoms with Crippen LogP contribution in [0.15, 0.2) is 18.2 Å². The maximum absolute atomic E-state index is 12.0. The molecule has 0 amide bonds. The summed E-state index contributed by atoms with van der Waals surface area (Å²) in [6.45, 7) is 4.27. The van der Waals surface area contributed by atoms with Crippen molar-refractivity contribution in [3.05, 3.63) is 23.8 Å². The van der Waals surface area contributed by atoms with Gasteiger partial charge in [-0.25, -0.2) is 0 Å². The number of ether oxygens (including phenoxy) is 2. The van der Waals surface area contributed by atoms with Crippen molar-refractivity contribution >= 4 is 5.78 Å². The average Bonchev–Trinajstić information content (AvgIpc) is 2.27. The van der Waals surface area contributed by atoms with Gasteiger partial charge in [0, 0.05) is 12.5 Å². The molecule has 1 aliphatic heterocycles. The van der Waals surface area contributed by atoms with Crippen LogP contribution in [0.5, 0.6) is 11.5 Å². The van der Waals surface area contributed by atoms with E-state index in [1.807, 2.05) is 0 Å². The Morgan fingerprint density at radius 1 is 1.47 bits per heavy atom. The molecule has 2 rings (SSSR count). The highest BCUT2D eigenvalue weighted by molar-refractivity contribution is 6.00. The van der Waals surface area contributed by atoms with Crippen LogP contribution in [0, 0.1) is 5.92 Å². The summed E-state index contributed by atoms with van der Waals surface area (Å²) in [6.07, 6.45) is 1.39. The van der Waals surface area contributed by atoms with E-state index in [1.54, 1.807) is 25.3 Å². The Kier molecular flexibility index (Phi) is 3.36. The molecule has 0 fully saturated rings. The molecule has 17 heavy (non-hydrogen) atoms. The van der Waals surface area contributed by atoms with Crippen molar-refractivity contribution in [2.75, 3.05) is 7.11 Å². The van der Waals surface area contributed by atoms with Gasteiger partial charge >= 0.3 is 0 Å². The van der Waals surface area contributed by atoms with E-state index in [4.69, 9.17) is 9.47 Å². The maximum atomic E-state index is 12.0. The fourth-order valence-electron chi connectivity index (χ4n) is 2.15. The lowest BCUT2D eigenvalue weighted by Crippen LogP contribution is -2.28. The Balaban J connectivity index is 2.24. The minimum absolute atomic E-state index is 0.00195. The second kappa shape index (κ2) is 4.78. The van der Waals surface area contributed by atoms with Gasteiger partial charge in [-0.1, -0.05) is 13.8 Å². The van der Waals surface area contributed by atoms with Crippen LogP contribution in [-0.2, 0) is 0 Å². The van der Waals surface area contributed by atoms with Gasteiger partial charge in [0.2, 0.25) is 0 Å². The molecule has 92 valence electrons. The van der Waals surface area contributed by atoms with Crippen molar-refractivity contribution in [1.29, 1.82) is 0 Å². The van der Waals surface area contributed by atoms with E-state index in [0.717, 1.165) is 12.2 Å². The fraction of sp³-hybridized carbons (Fsp3) is 0.500. The number of hydrogen-bond acceptors (Lipinski definition) is 3. The third-order valence-electron chi connectivity index (χ3n) is 2.93. The summed E-state index contributed by atoms with van der Waals surface area (Å²) in [5.74, 6) is 2.08. The van der Waals surface area contributed by atoms with E-state index in [0.29, 0.717) is 23.7 Å². The third-order valence-corrected chi connectivity index (χ3v) is 2.93. The summed E-state index contributed by atoms with van der Waals surface area (Å²) in [6, 6.07) is 5.37. The summed E-state index contributed by atoms with van der Waals surface area (Å²) in [4.78, 5) is 12.0. The number of fused-ring (bicyclic) bond motifs is 1. The largest absolute Gasteiger partial charge is 0.497 e. The van der Waals surface area contributed by atoms with Crippen molar-refractivity contribution in [2.45, 2.75) is 32.8 Å². The highest BCUT2D eigenvalue weighted by Gasteiger charge is 2.27. The lowest BCUT2D eigenvalue weighted by Gasteiger charge is -2.26. The number of carbonyl (C=O) groups is 1. The molecular weight excluding hydrogens is 216 g/mol. The Labute approximate surface area is 102 Å². The highest BCUT2D eigenvalue weighted by atomic mass is 16.5. The first kappa shape index (κ1) is 12.0. The van der Waals surface area contributed by atoms with E-state index in [-0.39, 0.29) is 11.9 Å². The molecule has 3 nitrogen and oxygen atoms in total. The Bertz CT molecular complexity index is 423. The van der Waals surface area contributed by atoms with Gasteiger partial charge in [0.1, 0.15) is 17.6 Å². The van der Waals surface area contributed by atoms with Crippen molar-refractivity contribution in [3.8, 4) is 11.5 Å². The Morgan fingerprint density at radius 2 is 2.24 bits per heavy atom. The molecule has 1 heterocycles. The molecule has 0 bridgehead atoms. The van der Waals surface area contributed by atoms with Crippen molar-refractivity contribution in [1.82, 2.24) is 0 Å². The SMILES string of the molecule is COc1ccc2c(c1)OC(CC(C)C)CC2=O. The number of methoxy groups -OCH3 is 1. The van der Waals surface area contributed by atoms with Crippen LogP contribution >= 0.6 is 0 Å². The van der Waals surface area contributed by atoms with E-state index in [2.05, 4.69) is 13.8 Å². The van der Waals surface area contributed by atoms with Crippen LogP contribution in [0.1, 0.15) is 37.0 Å². The van der Waals surface area contributed by atoms with Gasteiger partial charge in [-0.3, -0.25) is 4.79 Å². The van der Waals surface area contributed by atoms with Crippen molar-refractivity contribution in [3.63, 3.8) is 0 Å². The molecule has 0 aromatic heterocycles. The van der Waals surface area contributed by atoms with Crippen molar-refractivity contribution in [2.24, 2.45) is 5.92 Å². The predicted molar refractivity (Wildman–Crippen MR) is 65.8 cm³/mol. The molecule has 0 spiro atoms. The topological polar surface area (TPSA) is 35.5 Å². The summed E-state index contributed by atoms with van der Waals surface area (Å²) in [5, 5.41) is 0. The minimum Gasteiger partial charge on any atom is -0.497 e. The molecule has 0 N–H and O–H groups in total. The highest BCUT2D eigenvalue weighted by Crippen LogP contribution is 2.32. The molecule has 0 saturated heterocycles. The summed E-state index contributed by atoms with van der Waals surface area (Å²) in [5.41, 5.74) is 0.672. The molecule has 1 aromatic carbocycles. The van der Waals surface area contributed by atoms with E-state index < -0.39 is 0 Å². The quantitative estimate of drug-likeness (QED) is 0.806. The summed E-state index contributed by atoms with van der Waals surface area (Å²) < 4.78 is 11.0. The Hall–Kier alpha value is -1.51. The summed E-state index contributed by atoms with van der Waals surface area (Å²) >= 11 is 0. The van der Waals surface area contributed by atoms with Gasteiger partial charge in [-0.2, -0.15) is 0 Å². The number of rotatable bonds is 3. The number of ketones is 1. The van der Waals surface area contributed by atoms with Gasteiger partial charge in [0.25, 0.3) is 0 Å². The normalized spacial score (nSPS) is 18.8. The van der Waals surface area contributed by atoms with Gasteiger partial charge in [-0.05, 0) is 24.5 Å². The number of Topliss-reactive ketones (excluding diaryl/α,β-unsaturated/α-hetero) is 1. The van der Waals surface area contributed by atoms with Crippen LogP contribution in [0.4, 0.5) is 0 Å².